The normalized spacial score (nSPS) is 23.3. The van der Waals surface area contributed by atoms with E-state index >= 15 is 0 Å². The van der Waals surface area contributed by atoms with Gasteiger partial charge >= 0.3 is 0 Å². The standard InChI is InChI=1S/C15H19NO5S/c1-20-13-3-2-11-8-12(10-21-14(11)9-13)15(17)16-4-6-22(18,19)7-5-16/h2-3,9,12H,4-8,10H2,1H3/t12-/m0/s1. The molecule has 0 spiro atoms. The van der Waals surface area contributed by atoms with Crippen LogP contribution in [0.25, 0.3) is 0 Å². The highest BCUT2D eigenvalue weighted by Crippen LogP contribution is 2.31. The second-order valence-electron chi connectivity index (χ2n) is 5.66. The lowest BCUT2D eigenvalue weighted by atomic mass is 9.95. The molecule has 0 saturated carbocycles. The Bertz CT molecular complexity index is 671. The number of methoxy groups -OCH3 is 1. The van der Waals surface area contributed by atoms with Crippen molar-refractivity contribution in [3.8, 4) is 11.5 Å². The van der Waals surface area contributed by atoms with E-state index in [1.165, 1.54) is 0 Å². The number of fused-ring (bicyclic) bond motifs is 1. The van der Waals surface area contributed by atoms with Gasteiger partial charge in [-0.25, -0.2) is 8.42 Å². The number of rotatable bonds is 2. The third kappa shape index (κ3) is 3.04. The first-order valence-electron chi connectivity index (χ1n) is 7.27. The Hall–Kier alpha value is -1.76. The second kappa shape index (κ2) is 5.79. The average Bonchev–Trinajstić information content (AvgIpc) is 2.53. The highest BCUT2D eigenvalue weighted by atomic mass is 32.2. The fourth-order valence-electron chi connectivity index (χ4n) is 2.83. The van der Waals surface area contributed by atoms with Crippen molar-refractivity contribution >= 4 is 15.7 Å². The summed E-state index contributed by atoms with van der Waals surface area (Å²) in [6.45, 7) is 0.891. The number of amides is 1. The van der Waals surface area contributed by atoms with Crippen LogP contribution in [0.3, 0.4) is 0 Å². The van der Waals surface area contributed by atoms with Gasteiger partial charge in [-0.15, -0.1) is 0 Å². The van der Waals surface area contributed by atoms with Crippen molar-refractivity contribution in [1.29, 1.82) is 0 Å². The lowest BCUT2D eigenvalue weighted by Crippen LogP contribution is -2.48. The Morgan fingerprint density at radius 3 is 2.73 bits per heavy atom. The molecule has 0 radical (unpaired) electrons. The molecule has 0 unspecified atom stereocenters. The van der Waals surface area contributed by atoms with Crippen molar-refractivity contribution in [2.45, 2.75) is 6.42 Å². The number of nitrogens with zero attached hydrogens (tertiary/aromatic N) is 1. The predicted octanol–water partition coefficient (Wildman–Crippen LogP) is 0.503. The van der Waals surface area contributed by atoms with Crippen molar-refractivity contribution in [3.63, 3.8) is 0 Å². The average molecular weight is 325 g/mol. The number of hydrogen-bond donors (Lipinski definition) is 0. The van der Waals surface area contributed by atoms with Crippen LogP contribution >= 0.6 is 0 Å². The maximum atomic E-state index is 12.5. The molecule has 3 rings (SSSR count). The van der Waals surface area contributed by atoms with Gasteiger partial charge in [0.05, 0.1) is 24.5 Å². The fraction of sp³-hybridized carbons (Fsp3) is 0.533. The van der Waals surface area contributed by atoms with Gasteiger partial charge in [0.15, 0.2) is 9.84 Å². The number of carbonyl (C=O) groups excluding carboxylic acids is 1. The van der Waals surface area contributed by atoms with Gasteiger partial charge in [-0.1, -0.05) is 6.07 Å². The monoisotopic (exact) mass is 325 g/mol. The van der Waals surface area contributed by atoms with Gasteiger partial charge in [0.25, 0.3) is 0 Å². The molecule has 2 aliphatic heterocycles. The van der Waals surface area contributed by atoms with Gasteiger partial charge in [-0.2, -0.15) is 0 Å². The molecular weight excluding hydrogens is 306 g/mol. The molecule has 1 aromatic rings. The van der Waals surface area contributed by atoms with Gasteiger partial charge in [0.1, 0.15) is 18.1 Å². The number of sulfone groups is 1. The third-order valence-corrected chi connectivity index (χ3v) is 5.80. The Labute approximate surface area is 129 Å². The van der Waals surface area contributed by atoms with Crippen molar-refractivity contribution in [2.75, 3.05) is 38.3 Å². The zero-order valence-corrected chi connectivity index (χ0v) is 13.3. The Morgan fingerprint density at radius 1 is 1.32 bits per heavy atom. The highest BCUT2D eigenvalue weighted by Gasteiger charge is 2.32. The maximum absolute atomic E-state index is 12.5. The first-order valence-corrected chi connectivity index (χ1v) is 9.09. The van der Waals surface area contributed by atoms with Crippen LogP contribution < -0.4 is 9.47 Å². The first kappa shape index (κ1) is 15.1. The largest absolute Gasteiger partial charge is 0.497 e. The van der Waals surface area contributed by atoms with Crippen LogP contribution in [0.5, 0.6) is 11.5 Å². The van der Waals surface area contributed by atoms with Crippen molar-refractivity contribution in [2.24, 2.45) is 5.92 Å². The predicted molar refractivity (Wildman–Crippen MR) is 80.9 cm³/mol. The Morgan fingerprint density at radius 2 is 2.05 bits per heavy atom. The zero-order chi connectivity index (χ0) is 15.7. The molecule has 1 aromatic carbocycles. The van der Waals surface area contributed by atoms with Crippen molar-refractivity contribution in [1.82, 2.24) is 4.90 Å². The molecule has 6 nitrogen and oxygen atoms in total. The number of hydrogen-bond acceptors (Lipinski definition) is 5. The van der Waals surface area contributed by atoms with Gasteiger partial charge in [-0.05, 0) is 18.1 Å². The minimum atomic E-state index is -2.98. The molecule has 2 heterocycles. The number of benzene rings is 1. The van der Waals surface area contributed by atoms with Crippen LogP contribution in [-0.4, -0.2) is 57.5 Å². The first-order chi connectivity index (χ1) is 10.5. The van der Waals surface area contributed by atoms with E-state index in [2.05, 4.69) is 0 Å². The van der Waals surface area contributed by atoms with Crippen LogP contribution in [0.1, 0.15) is 5.56 Å². The molecule has 120 valence electrons. The number of ether oxygens (including phenoxy) is 2. The van der Waals surface area contributed by atoms with E-state index in [0.29, 0.717) is 13.0 Å². The minimum Gasteiger partial charge on any atom is -0.497 e. The fourth-order valence-corrected chi connectivity index (χ4v) is 4.03. The molecule has 1 amide bonds. The Balaban J connectivity index is 1.68. The molecule has 0 aliphatic carbocycles. The van der Waals surface area contributed by atoms with E-state index in [0.717, 1.165) is 17.1 Å². The van der Waals surface area contributed by atoms with Gasteiger partial charge in [0, 0.05) is 19.2 Å². The summed E-state index contributed by atoms with van der Waals surface area (Å²) in [7, 11) is -1.38. The molecule has 22 heavy (non-hydrogen) atoms. The van der Waals surface area contributed by atoms with E-state index in [-0.39, 0.29) is 36.4 Å². The SMILES string of the molecule is COc1ccc2c(c1)OC[C@@H](C(=O)N1CCS(=O)(=O)CC1)C2. The lowest BCUT2D eigenvalue weighted by Gasteiger charge is -2.32. The summed E-state index contributed by atoms with van der Waals surface area (Å²) in [5.74, 6) is 1.33. The van der Waals surface area contributed by atoms with Gasteiger partial charge < -0.3 is 14.4 Å². The lowest BCUT2D eigenvalue weighted by molar-refractivity contribution is -0.136. The van der Waals surface area contributed by atoms with E-state index in [1.54, 1.807) is 12.0 Å². The summed E-state index contributed by atoms with van der Waals surface area (Å²) < 4.78 is 33.7. The summed E-state index contributed by atoms with van der Waals surface area (Å²) in [4.78, 5) is 14.2. The molecule has 1 atom stereocenters. The van der Waals surface area contributed by atoms with E-state index in [4.69, 9.17) is 9.47 Å². The highest BCUT2D eigenvalue weighted by molar-refractivity contribution is 7.91. The van der Waals surface area contributed by atoms with Crippen molar-refractivity contribution < 1.29 is 22.7 Å². The summed E-state index contributed by atoms with van der Waals surface area (Å²) in [5, 5.41) is 0. The Kier molecular flexibility index (Phi) is 3.99. The topological polar surface area (TPSA) is 72.9 Å². The van der Waals surface area contributed by atoms with Crippen LogP contribution in [0, 0.1) is 5.92 Å². The minimum absolute atomic E-state index is 0.0173. The maximum Gasteiger partial charge on any atom is 0.229 e. The number of carbonyl (C=O) groups is 1. The molecule has 1 fully saturated rings. The van der Waals surface area contributed by atoms with Gasteiger partial charge in [0.2, 0.25) is 5.91 Å². The van der Waals surface area contributed by atoms with Crippen LogP contribution in [0.15, 0.2) is 18.2 Å². The van der Waals surface area contributed by atoms with Gasteiger partial charge in [-0.3, -0.25) is 4.79 Å². The van der Waals surface area contributed by atoms with E-state index in [9.17, 15) is 13.2 Å². The summed E-state index contributed by atoms with van der Waals surface area (Å²) in [6.07, 6.45) is 0.613. The van der Waals surface area contributed by atoms with Crippen LogP contribution in [0.4, 0.5) is 0 Å². The van der Waals surface area contributed by atoms with E-state index in [1.807, 2.05) is 18.2 Å². The van der Waals surface area contributed by atoms with Crippen LogP contribution in [-0.2, 0) is 21.1 Å². The molecular formula is C15H19NO5S. The summed E-state index contributed by atoms with van der Waals surface area (Å²) in [5.41, 5.74) is 0.982. The molecule has 7 heteroatoms. The molecule has 2 aliphatic rings. The smallest absolute Gasteiger partial charge is 0.229 e. The molecule has 0 aromatic heterocycles. The molecule has 0 N–H and O–H groups in total. The molecule has 1 saturated heterocycles. The quantitative estimate of drug-likeness (QED) is 0.792. The van der Waals surface area contributed by atoms with Crippen LogP contribution in [0.2, 0.25) is 0 Å². The second-order valence-corrected chi connectivity index (χ2v) is 7.97. The summed E-state index contributed by atoms with van der Waals surface area (Å²) >= 11 is 0. The molecule has 0 bridgehead atoms. The third-order valence-electron chi connectivity index (χ3n) is 4.19. The zero-order valence-electron chi connectivity index (χ0n) is 12.4. The summed E-state index contributed by atoms with van der Waals surface area (Å²) in [6, 6.07) is 5.58. The van der Waals surface area contributed by atoms with Crippen molar-refractivity contribution in [3.05, 3.63) is 23.8 Å². The van der Waals surface area contributed by atoms with E-state index < -0.39 is 9.84 Å².